The van der Waals surface area contributed by atoms with Crippen molar-refractivity contribution in [2.45, 2.75) is 19.8 Å². The first-order valence-electron chi connectivity index (χ1n) is 6.54. The lowest BCUT2D eigenvalue weighted by atomic mass is 9.98. The summed E-state index contributed by atoms with van der Waals surface area (Å²) >= 11 is 0. The van der Waals surface area contributed by atoms with Gasteiger partial charge in [0.25, 0.3) is 10.2 Å². The predicted molar refractivity (Wildman–Crippen MR) is 71.6 cm³/mol. The van der Waals surface area contributed by atoms with Crippen LogP contribution in [0.1, 0.15) is 19.8 Å². The molecule has 18 heavy (non-hydrogen) atoms. The Bertz CT molecular complexity index is 313. The third-order valence-electron chi connectivity index (χ3n) is 3.16. The van der Waals surface area contributed by atoms with Crippen molar-refractivity contribution in [2.24, 2.45) is 5.92 Å². The van der Waals surface area contributed by atoms with Gasteiger partial charge in [0.05, 0.1) is 6.61 Å². The minimum Gasteiger partial charge on any atom is -0.383 e. The number of ether oxygens (including phenoxy) is 1. The Kier molecular flexibility index (Phi) is 7.10. The highest BCUT2D eigenvalue weighted by Crippen LogP contribution is 2.18. The lowest BCUT2D eigenvalue weighted by Crippen LogP contribution is -2.46. The van der Waals surface area contributed by atoms with Crippen molar-refractivity contribution in [3.8, 4) is 0 Å². The maximum absolute atomic E-state index is 11.8. The molecule has 2 N–H and O–H groups in total. The van der Waals surface area contributed by atoms with Crippen LogP contribution >= 0.6 is 0 Å². The number of piperidine rings is 1. The zero-order valence-electron chi connectivity index (χ0n) is 11.3. The van der Waals surface area contributed by atoms with Crippen LogP contribution < -0.4 is 10.0 Å². The summed E-state index contributed by atoms with van der Waals surface area (Å²) in [4.78, 5) is 0. The minimum absolute atomic E-state index is 0.445. The van der Waals surface area contributed by atoms with E-state index >= 15 is 0 Å². The highest BCUT2D eigenvalue weighted by atomic mass is 32.2. The first kappa shape index (κ1) is 15.8. The van der Waals surface area contributed by atoms with Gasteiger partial charge in [-0.15, -0.1) is 0 Å². The van der Waals surface area contributed by atoms with E-state index in [4.69, 9.17) is 4.74 Å². The Morgan fingerprint density at radius 2 is 2.00 bits per heavy atom. The van der Waals surface area contributed by atoms with Crippen LogP contribution in [0.2, 0.25) is 0 Å². The zero-order valence-corrected chi connectivity index (χ0v) is 12.1. The molecule has 0 amide bonds. The summed E-state index contributed by atoms with van der Waals surface area (Å²) < 4.78 is 32.6. The maximum atomic E-state index is 11.8. The second kappa shape index (κ2) is 8.06. The molecule has 0 bridgehead atoms. The number of methoxy groups -OCH3 is 1. The van der Waals surface area contributed by atoms with E-state index < -0.39 is 10.2 Å². The fourth-order valence-corrected chi connectivity index (χ4v) is 3.35. The summed E-state index contributed by atoms with van der Waals surface area (Å²) in [5.41, 5.74) is 0. The average Bonchev–Trinajstić information content (AvgIpc) is 2.35. The van der Waals surface area contributed by atoms with Gasteiger partial charge >= 0.3 is 0 Å². The normalized spacial score (nSPS) is 19.2. The SMILES string of the molecule is CCNS(=O)(=O)N1CCC(CNCCOC)CC1. The molecular weight excluding hydrogens is 254 g/mol. The lowest BCUT2D eigenvalue weighted by molar-refractivity contribution is 0.194. The molecule has 0 aromatic carbocycles. The molecule has 7 heteroatoms. The smallest absolute Gasteiger partial charge is 0.279 e. The van der Waals surface area contributed by atoms with Crippen LogP contribution in [0.5, 0.6) is 0 Å². The van der Waals surface area contributed by atoms with E-state index in [2.05, 4.69) is 10.0 Å². The summed E-state index contributed by atoms with van der Waals surface area (Å²) in [6.07, 6.45) is 1.84. The molecule has 1 heterocycles. The second-order valence-corrected chi connectivity index (χ2v) is 6.30. The van der Waals surface area contributed by atoms with E-state index in [1.165, 1.54) is 0 Å². The van der Waals surface area contributed by atoms with Crippen molar-refractivity contribution >= 4 is 10.2 Å². The van der Waals surface area contributed by atoms with Crippen LogP contribution in [0.25, 0.3) is 0 Å². The van der Waals surface area contributed by atoms with Crippen LogP contribution in [0.4, 0.5) is 0 Å². The molecule has 0 aromatic rings. The number of nitrogens with one attached hydrogen (secondary N) is 2. The minimum atomic E-state index is -3.24. The van der Waals surface area contributed by atoms with Crippen molar-refractivity contribution in [1.82, 2.24) is 14.3 Å². The van der Waals surface area contributed by atoms with Crippen LogP contribution in [0.3, 0.4) is 0 Å². The van der Waals surface area contributed by atoms with Gasteiger partial charge in [-0.2, -0.15) is 12.7 Å². The standard InChI is InChI=1S/C11H25N3O3S/c1-3-13-18(15,16)14-7-4-11(5-8-14)10-12-6-9-17-2/h11-13H,3-10H2,1-2H3. The summed E-state index contributed by atoms with van der Waals surface area (Å²) in [6, 6.07) is 0. The molecule has 0 atom stereocenters. The molecule has 108 valence electrons. The quantitative estimate of drug-likeness (QED) is 0.603. The van der Waals surface area contributed by atoms with Gasteiger partial charge in [-0.25, -0.2) is 4.72 Å². The van der Waals surface area contributed by atoms with E-state index in [0.717, 1.165) is 25.9 Å². The van der Waals surface area contributed by atoms with E-state index in [9.17, 15) is 8.42 Å². The zero-order chi connectivity index (χ0) is 13.4. The van der Waals surface area contributed by atoms with Crippen molar-refractivity contribution in [1.29, 1.82) is 0 Å². The molecule has 0 spiro atoms. The number of nitrogens with zero attached hydrogens (tertiary/aromatic N) is 1. The predicted octanol–water partition coefficient (Wildman–Crippen LogP) is -0.211. The van der Waals surface area contributed by atoms with Gasteiger partial charge in [-0.1, -0.05) is 6.92 Å². The van der Waals surface area contributed by atoms with Crippen LogP contribution in [0, 0.1) is 5.92 Å². The Hall–Kier alpha value is -0.210. The van der Waals surface area contributed by atoms with E-state index in [1.807, 2.05) is 0 Å². The average molecular weight is 279 g/mol. The fraction of sp³-hybridized carbons (Fsp3) is 1.00. The summed E-state index contributed by atoms with van der Waals surface area (Å²) in [5.74, 6) is 0.565. The topological polar surface area (TPSA) is 70.7 Å². The van der Waals surface area contributed by atoms with Crippen molar-refractivity contribution in [3.63, 3.8) is 0 Å². The molecule has 1 saturated heterocycles. The monoisotopic (exact) mass is 279 g/mol. The Morgan fingerprint density at radius 3 is 2.56 bits per heavy atom. The largest absolute Gasteiger partial charge is 0.383 e. The fourth-order valence-electron chi connectivity index (χ4n) is 2.11. The number of hydrogen-bond donors (Lipinski definition) is 2. The molecule has 0 saturated carbocycles. The van der Waals surface area contributed by atoms with Crippen molar-refractivity contribution < 1.29 is 13.2 Å². The molecule has 0 radical (unpaired) electrons. The van der Waals surface area contributed by atoms with Gasteiger partial charge in [0.15, 0.2) is 0 Å². The first-order valence-corrected chi connectivity index (χ1v) is 7.98. The van der Waals surface area contributed by atoms with Crippen molar-refractivity contribution in [2.75, 3.05) is 46.4 Å². The highest BCUT2D eigenvalue weighted by Gasteiger charge is 2.26. The van der Waals surface area contributed by atoms with Crippen molar-refractivity contribution in [3.05, 3.63) is 0 Å². The molecule has 1 aliphatic rings. The maximum Gasteiger partial charge on any atom is 0.279 e. The molecular formula is C11H25N3O3S. The van der Waals surface area contributed by atoms with Gasteiger partial charge in [-0.3, -0.25) is 0 Å². The molecule has 0 unspecified atom stereocenters. The third kappa shape index (κ3) is 5.19. The van der Waals surface area contributed by atoms with Gasteiger partial charge in [-0.05, 0) is 25.3 Å². The molecule has 6 nitrogen and oxygen atoms in total. The molecule has 1 aliphatic heterocycles. The summed E-state index contributed by atoms with van der Waals surface area (Å²) in [6.45, 7) is 5.99. The van der Waals surface area contributed by atoms with Crippen LogP contribution in [0.15, 0.2) is 0 Å². The van der Waals surface area contributed by atoms with Gasteiger partial charge in [0, 0.05) is 33.3 Å². The van der Waals surface area contributed by atoms with Crippen LogP contribution in [-0.2, 0) is 14.9 Å². The Labute approximate surface area is 110 Å². The molecule has 1 fully saturated rings. The van der Waals surface area contributed by atoms with Gasteiger partial charge < -0.3 is 10.1 Å². The number of rotatable bonds is 8. The number of hydrogen-bond acceptors (Lipinski definition) is 4. The van der Waals surface area contributed by atoms with Crippen LogP contribution in [-0.4, -0.2) is 59.2 Å². The van der Waals surface area contributed by atoms with E-state index in [-0.39, 0.29) is 0 Å². The molecule has 0 aromatic heterocycles. The van der Waals surface area contributed by atoms with E-state index in [0.29, 0.717) is 32.2 Å². The molecule has 0 aliphatic carbocycles. The summed E-state index contributed by atoms with van der Waals surface area (Å²) in [7, 11) is -1.56. The lowest BCUT2D eigenvalue weighted by Gasteiger charge is -2.31. The first-order chi connectivity index (χ1) is 8.60. The van der Waals surface area contributed by atoms with Gasteiger partial charge in [0.1, 0.15) is 0 Å². The third-order valence-corrected chi connectivity index (χ3v) is 4.85. The Morgan fingerprint density at radius 1 is 1.33 bits per heavy atom. The van der Waals surface area contributed by atoms with Gasteiger partial charge in [0.2, 0.25) is 0 Å². The Balaban J connectivity index is 2.24. The second-order valence-electron chi connectivity index (χ2n) is 4.54. The van der Waals surface area contributed by atoms with E-state index in [1.54, 1.807) is 18.3 Å². The summed E-state index contributed by atoms with van der Waals surface area (Å²) in [5, 5.41) is 3.33. The molecule has 1 rings (SSSR count). The highest BCUT2D eigenvalue weighted by molar-refractivity contribution is 7.87.